The Balaban J connectivity index is 1.25. The molecule has 0 aromatic heterocycles. The van der Waals surface area contributed by atoms with Crippen LogP contribution in [0.1, 0.15) is 37.7 Å². The normalized spacial score (nSPS) is 24.1. The zero-order valence-corrected chi connectivity index (χ0v) is 20.2. The molecular weight excluding hydrogens is 452 g/mol. The molecule has 0 unspecified atom stereocenters. The van der Waals surface area contributed by atoms with Gasteiger partial charge in [-0.3, -0.25) is 4.79 Å². The molecule has 3 atom stereocenters. The summed E-state index contributed by atoms with van der Waals surface area (Å²) >= 11 is 0. The summed E-state index contributed by atoms with van der Waals surface area (Å²) in [4.78, 5) is 15.0. The third-order valence-electron chi connectivity index (χ3n) is 6.89. The van der Waals surface area contributed by atoms with Crippen LogP contribution in [-0.4, -0.2) is 62.3 Å². The number of aliphatic hydroxyl groups is 1. The summed E-state index contributed by atoms with van der Waals surface area (Å²) in [6.45, 7) is 1.20. The lowest BCUT2D eigenvalue weighted by Gasteiger charge is -2.37. The zero-order valence-electron chi connectivity index (χ0n) is 19.4. The Labute approximate surface area is 202 Å². The number of carbonyl (C=O) groups excluding carboxylic acids is 1. The van der Waals surface area contributed by atoms with Crippen molar-refractivity contribution in [3.63, 3.8) is 0 Å². The SMILES string of the molecule is O=C(C[C@@H]1CC[C@@H](NS(=O)(=O)c2ccccc2)[C@H](CO)O1)N1CCC(Cc2ccccc2)CC1. The first-order valence-corrected chi connectivity index (χ1v) is 13.6. The van der Waals surface area contributed by atoms with Crippen molar-refractivity contribution in [2.75, 3.05) is 19.7 Å². The van der Waals surface area contributed by atoms with Gasteiger partial charge in [0.25, 0.3) is 0 Å². The maximum atomic E-state index is 12.9. The fourth-order valence-corrected chi connectivity index (χ4v) is 6.26. The number of sulfonamides is 1. The standard InChI is InChI=1S/C26H34N2O5S/c29-19-25-24(27-34(31,32)23-9-5-2-6-10-23)12-11-22(33-25)18-26(30)28-15-13-21(14-16-28)17-20-7-3-1-4-8-20/h1-10,21-22,24-25,27,29H,11-19H2/t22-,24+,25-/m0/s1. The molecule has 0 radical (unpaired) electrons. The highest BCUT2D eigenvalue weighted by Crippen LogP contribution is 2.26. The number of nitrogens with zero attached hydrogens (tertiary/aromatic N) is 1. The number of aliphatic hydroxyl groups excluding tert-OH is 1. The lowest BCUT2D eigenvalue weighted by molar-refractivity contribution is -0.141. The summed E-state index contributed by atoms with van der Waals surface area (Å²) in [5, 5.41) is 9.82. The Bertz CT molecular complexity index is 1020. The Kier molecular flexibility index (Phi) is 8.37. The van der Waals surface area contributed by atoms with Gasteiger partial charge >= 0.3 is 0 Å². The minimum absolute atomic E-state index is 0.0724. The van der Waals surface area contributed by atoms with Gasteiger partial charge in [-0.2, -0.15) is 0 Å². The highest BCUT2D eigenvalue weighted by Gasteiger charge is 2.35. The molecule has 7 nitrogen and oxygen atoms in total. The van der Waals surface area contributed by atoms with Crippen molar-refractivity contribution < 1.29 is 23.1 Å². The van der Waals surface area contributed by atoms with E-state index in [1.165, 1.54) is 17.7 Å². The van der Waals surface area contributed by atoms with Gasteiger partial charge in [-0.1, -0.05) is 48.5 Å². The Morgan fingerprint density at radius 2 is 1.62 bits per heavy atom. The topological polar surface area (TPSA) is 95.9 Å². The molecule has 2 aromatic rings. The van der Waals surface area contributed by atoms with Gasteiger partial charge in [0.2, 0.25) is 15.9 Å². The summed E-state index contributed by atoms with van der Waals surface area (Å²) in [6, 6.07) is 18.1. The first kappa shape index (κ1) is 24.9. The number of benzene rings is 2. The van der Waals surface area contributed by atoms with Crippen molar-refractivity contribution in [3.8, 4) is 0 Å². The molecule has 2 aliphatic heterocycles. The molecule has 8 heteroatoms. The zero-order chi connectivity index (χ0) is 24.0. The van der Waals surface area contributed by atoms with Gasteiger partial charge < -0.3 is 14.7 Å². The van der Waals surface area contributed by atoms with Gasteiger partial charge in [-0.15, -0.1) is 0 Å². The highest BCUT2D eigenvalue weighted by atomic mass is 32.2. The first-order valence-electron chi connectivity index (χ1n) is 12.1. The number of piperidine rings is 1. The van der Waals surface area contributed by atoms with Crippen LogP contribution in [-0.2, 0) is 26.0 Å². The van der Waals surface area contributed by atoms with Gasteiger partial charge in [0.15, 0.2) is 0 Å². The van der Waals surface area contributed by atoms with Crippen molar-refractivity contribution in [1.82, 2.24) is 9.62 Å². The van der Waals surface area contributed by atoms with E-state index in [9.17, 15) is 18.3 Å². The summed E-state index contributed by atoms with van der Waals surface area (Å²) in [7, 11) is -3.70. The summed E-state index contributed by atoms with van der Waals surface area (Å²) in [6.07, 6.45) is 3.38. The van der Waals surface area contributed by atoms with Crippen molar-refractivity contribution in [3.05, 3.63) is 66.2 Å². The monoisotopic (exact) mass is 486 g/mol. The molecule has 34 heavy (non-hydrogen) atoms. The van der Waals surface area contributed by atoms with Gasteiger partial charge in [-0.25, -0.2) is 13.1 Å². The van der Waals surface area contributed by atoms with E-state index in [4.69, 9.17) is 4.74 Å². The van der Waals surface area contributed by atoms with Crippen LogP contribution in [0.5, 0.6) is 0 Å². The maximum absolute atomic E-state index is 12.9. The van der Waals surface area contributed by atoms with Crippen LogP contribution in [0.3, 0.4) is 0 Å². The molecular formula is C26H34N2O5S. The van der Waals surface area contributed by atoms with Crippen LogP contribution in [0, 0.1) is 5.92 Å². The largest absolute Gasteiger partial charge is 0.394 e. The van der Waals surface area contributed by atoms with Crippen LogP contribution >= 0.6 is 0 Å². The van der Waals surface area contributed by atoms with E-state index in [-0.39, 0.29) is 29.9 Å². The number of ether oxygens (including phenoxy) is 1. The van der Waals surface area contributed by atoms with Crippen LogP contribution in [0.15, 0.2) is 65.6 Å². The Morgan fingerprint density at radius 3 is 2.26 bits per heavy atom. The smallest absolute Gasteiger partial charge is 0.240 e. The van der Waals surface area contributed by atoms with E-state index in [1.807, 2.05) is 11.0 Å². The first-order chi connectivity index (χ1) is 16.4. The third-order valence-corrected chi connectivity index (χ3v) is 8.40. The maximum Gasteiger partial charge on any atom is 0.240 e. The van der Waals surface area contributed by atoms with Crippen LogP contribution < -0.4 is 4.72 Å². The fourth-order valence-electron chi connectivity index (χ4n) is 4.94. The molecule has 2 fully saturated rings. The second-order valence-corrected chi connectivity index (χ2v) is 11.0. The highest BCUT2D eigenvalue weighted by molar-refractivity contribution is 7.89. The van der Waals surface area contributed by atoms with Crippen molar-refractivity contribution in [2.24, 2.45) is 5.92 Å². The molecule has 4 rings (SSSR count). The molecule has 1 amide bonds. The van der Waals surface area contributed by atoms with E-state index < -0.39 is 22.2 Å². The number of hydrogen-bond acceptors (Lipinski definition) is 5. The van der Waals surface area contributed by atoms with E-state index in [0.717, 1.165) is 32.4 Å². The minimum atomic E-state index is -3.70. The van der Waals surface area contributed by atoms with Crippen molar-refractivity contribution in [2.45, 2.75) is 61.7 Å². The molecule has 2 N–H and O–H groups in total. The average molecular weight is 487 g/mol. The van der Waals surface area contributed by atoms with Crippen LogP contribution in [0.4, 0.5) is 0 Å². The molecule has 2 saturated heterocycles. The van der Waals surface area contributed by atoms with E-state index in [2.05, 4.69) is 29.0 Å². The van der Waals surface area contributed by atoms with E-state index >= 15 is 0 Å². The molecule has 2 aromatic carbocycles. The predicted molar refractivity (Wildman–Crippen MR) is 130 cm³/mol. The summed E-state index contributed by atoms with van der Waals surface area (Å²) < 4.78 is 34.0. The minimum Gasteiger partial charge on any atom is -0.394 e. The quantitative estimate of drug-likeness (QED) is 0.598. The number of rotatable bonds is 8. The van der Waals surface area contributed by atoms with Crippen molar-refractivity contribution in [1.29, 1.82) is 0 Å². The number of nitrogens with one attached hydrogen (secondary N) is 1. The fraction of sp³-hybridized carbons (Fsp3) is 0.500. The lowest BCUT2D eigenvalue weighted by atomic mass is 9.90. The van der Waals surface area contributed by atoms with Crippen molar-refractivity contribution >= 4 is 15.9 Å². The van der Waals surface area contributed by atoms with Crippen LogP contribution in [0.2, 0.25) is 0 Å². The van der Waals surface area contributed by atoms with E-state index in [1.54, 1.807) is 18.2 Å². The van der Waals surface area contributed by atoms with E-state index in [0.29, 0.717) is 18.8 Å². The molecule has 0 spiro atoms. The molecule has 0 aliphatic carbocycles. The van der Waals surface area contributed by atoms with Gasteiger partial charge in [0, 0.05) is 13.1 Å². The molecule has 2 heterocycles. The van der Waals surface area contributed by atoms with Gasteiger partial charge in [0.05, 0.1) is 36.2 Å². The number of carbonyl (C=O) groups is 1. The van der Waals surface area contributed by atoms with Crippen LogP contribution in [0.25, 0.3) is 0 Å². The predicted octanol–water partition coefficient (Wildman–Crippen LogP) is 2.74. The number of hydrogen-bond donors (Lipinski definition) is 2. The number of amides is 1. The second-order valence-electron chi connectivity index (χ2n) is 9.32. The summed E-state index contributed by atoms with van der Waals surface area (Å²) in [5.74, 6) is 0.665. The third kappa shape index (κ3) is 6.44. The van der Waals surface area contributed by atoms with Gasteiger partial charge in [0.1, 0.15) is 0 Å². The summed E-state index contributed by atoms with van der Waals surface area (Å²) in [5.41, 5.74) is 1.34. The molecule has 0 bridgehead atoms. The lowest BCUT2D eigenvalue weighted by Crippen LogP contribution is -2.51. The average Bonchev–Trinajstić information content (AvgIpc) is 2.86. The number of likely N-dealkylation sites (tertiary alicyclic amines) is 1. The molecule has 184 valence electrons. The Hall–Kier alpha value is -2.26. The second kappa shape index (κ2) is 11.4. The molecule has 2 aliphatic rings. The van der Waals surface area contributed by atoms with Gasteiger partial charge in [-0.05, 0) is 55.7 Å². The molecule has 0 saturated carbocycles. The Morgan fingerprint density at radius 1 is 0.971 bits per heavy atom.